The number of aryl methyl sites for hydroxylation is 1. The van der Waals surface area contributed by atoms with E-state index < -0.39 is 0 Å². The summed E-state index contributed by atoms with van der Waals surface area (Å²) in [6, 6.07) is 11.5. The molecule has 2 unspecified atom stereocenters. The molecule has 30 heavy (non-hydrogen) atoms. The Bertz CT molecular complexity index is 992. The van der Waals surface area contributed by atoms with Gasteiger partial charge in [-0.2, -0.15) is 0 Å². The molecule has 3 aromatic rings. The summed E-state index contributed by atoms with van der Waals surface area (Å²) in [4.78, 5) is 17.4. The van der Waals surface area contributed by atoms with Crippen LogP contribution < -0.4 is 15.4 Å². The third-order valence-electron chi connectivity index (χ3n) is 5.30. The largest absolute Gasteiger partial charge is 0.486 e. The molecule has 3 heterocycles. The van der Waals surface area contributed by atoms with Gasteiger partial charge in [0.05, 0.1) is 11.3 Å². The summed E-state index contributed by atoms with van der Waals surface area (Å²) < 4.78 is 7.96. The van der Waals surface area contributed by atoms with E-state index in [4.69, 9.17) is 4.74 Å². The maximum Gasteiger partial charge on any atom is 0.255 e. The lowest BCUT2D eigenvalue weighted by Crippen LogP contribution is -2.50. The molecule has 2 N–H and O–H groups in total. The number of halogens is 2. The Morgan fingerprint density at radius 1 is 1.23 bits per heavy atom. The number of nitrogens with zero attached hydrogens (tertiary/aromatic N) is 2. The number of nitrogens with one attached hydrogen (secondary N) is 2. The number of amides is 1. The van der Waals surface area contributed by atoms with Crippen molar-refractivity contribution in [3.8, 4) is 5.75 Å². The minimum atomic E-state index is -0.0956. The minimum Gasteiger partial charge on any atom is -0.486 e. The number of aromatic nitrogens is 2. The summed E-state index contributed by atoms with van der Waals surface area (Å²) in [5.74, 6) is 0.936. The fourth-order valence-corrected chi connectivity index (χ4v) is 3.59. The Balaban J connectivity index is 0.00000160. The molecule has 162 valence electrons. The van der Waals surface area contributed by atoms with Gasteiger partial charge in [-0.05, 0) is 49.6 Å². The lowest BCUT2D eigenvalue weighted by molar-refractivity contribution is 0.0910. The number of imidazole rings is 1. The van der Waals surface area contributed by atoms with E-state index in [-0.39, 0.29) is 36.8 Å². The van der Waals surface area contributed by atoms with Crippen LogP contribution in [0.15, 0.2) is 48.8 Å². The summed E-state index contributed by atoms with van der Waals surface area (Å²) >= 11 is 0. The minimum absolute atomic E-state index is 0. The zero-order valence-corrected chi connectivity index (χ0v) is 18.8. The van der Waals surface area contributed by atoms with Gasteiger partial charge in [-0.25, -0.2) is 4.98 Å². The van der Waals surface area contributed by atoms with Crippen LogP contribution in [0.5, 0.6) is 5.75 Å². The average molecular weight is 451 g/mol. The average Bonchev–Trinajstić information content (AvgIpc) is 3.10. The second-order valence-corrected chi connectivity index (χ2v) is 7.54. The van der Waals surface area contributed by atoms with Crippen LogP contribution in [-0.2, 0) is 6.61 Å². The normalized spacial score (nSPS) is 18.2. The SMILES string of the molecule is Cc1ccc2nc(COc3ccccc3C(=O)NC3CNCCC3C)cn2c1.Cl.Cl. The highest BCUT2D eigenvalue weighted by Crippen LogP contribution is 2.21. The summed E-state index contributed by atoms with van der Waals surface area (Å²) in [5.41, 5.74) is 3.44. The lowest BCUT2D eigenvalue weighted by Gasteiger charge is -2.30. The molecule has 0 saturated carbocycles. The predicted molar refractivity (Wildman–Crippen MR) is 123 cm³/mol. The number of hydrogen-bond acceptors (Lipinski definition) is 4. The van der Waals surface area contributed by atoms with Gasteiger partial charge in [0.25, 0.3) is 5.91 Å². The maximum atomic E-state index is 12.8. The van der Waals surface area contributed by atoms with E-state index in [1.807, 2.05) is 54.0 Å². The Morgan fingerprint density at radius 3 is 2.83 bits per heavy atom. The number of piperidine rings is 1. The van der Waals surface area contributed by atoms with Crippen molar-refractivity contribution in [3.05, 3.63) is 65.6 Å². The number of pyridine rings is 1. The number of carbonyl (C=O) groups is 1. The predicted octanol–water partition coefficient (Wildman–Crippen LogP) is 3.79. The number of para-hydroxylation sites is 1. The molecule has 0 spiro atoms. The molecule has 1 aliphatic heterocycles. The van der Waals surface area contributed by atoms with Gasteiger partial charge in [-0.1, -0.05) is 25.1 Å². The second kappa shape index (κ2) is 10.7. The molecule has 2 atom stereocenters. The molecule has 1 aromatic carbocycles. The van der Waals surface area contributed by atoms with Crippen molar-refractivity contribution in [1.82, 2.24) is 20.0 Å². The van der Waals surface area contributed by atoms with Crippen molar-refractivity contribution >= 4 is 36.4 Å². The van der Waals surface area contributed by atoms with E-state index in [0.29, 0.717) is 23.8 Å². The maximum absolute atomic E-state index is 12.8. The molecule has 1 aliphatic rings. The lowest BCUT2D eigenvalue weighted by atomic mass is 9.94. The molecule has 1 amide bonds. The molecule has 8 heteroatoms. The quantitative estimate of drug-likeness (QED) is 0.620. The first-order chi connectivity index (χ1) is 13.6. The third kappa shape index (κ3) is 5.45. The highest BCUT2D eigenvalue weighted by atomic mass is 35.5. The summed E-state index contributed by atoms with van der Waals surface area (Å²) in [5, 5.41) is 6.49. The zero-order chi connectivity index (χ0) is 19.5. The summed E-state index contributed by atoms with van der Waals surface area (Å²) in [7, 11) is 0. The van der Waals surface area contributed by atoms with Crippen molar-refractivity contribution < 1.29 is 9.53 Å². The first-order valence-electron chi connectivity index (χ1n) is 9.78. The molecule has 1 fully saturated rings. The number of benzene rings is 1. The zero-order valence-electron chi connectivity index (χ0n) is 17.1. The topological polar surface area (TPSA) is 67.7 Å². The van der Waals surface area contributed by atoms with Crippen molar-refractivity contribution in [2.24, 2.45) is 5.92 Å². The van der Waals surface area contributed by atoms with Crippen LogP contribution in [-0.4, -0.2) is 34.4 Å². The van der Waals surface area contributed by atoms with E-state index in [1.54, 1.807) is 6.07 Å². The molecular formula is C22H28Cl2N4O2. The number of ether oxygens (including phenoxy) is 1. The van der Waals surface area contributed by atoms with Crippen LogP contribution in [0.4, 0.5) is 0 Å². The fourth-order valence-electron chi connectivity index (χ4n) is 3.59. The van der Waals surface area contributed by atoms with E-state index >= 15 is 0 Å². The molecule has 0 radical (unpaired) electrons. The van der Waals surface area contributed by atoms with Crippen LogP contribution in [0.1, 0.15) is 35.0 Å². The molecule has 4 rings (SSSR count). The number of carbonyl (C=O) groups excluding carboxylic acids is 1. The van der Waals surface area contributed by atoms with Gasteiger partial charge >= 0.3 is 0 Å². The van der Waals surface area contributed by atoms with Crippen molar-refractivity contribution in [2.75, 3.05) is 13.1 Å². The van der Waals surface area contributed by atoms with Crippen LogP contribution in [0.2, 0.25) is 0 Å². The van der Waals surface area contributed by atoms with Gasteiger partial charge in [0.1, 0.15) is 18.0 Å². The monoisotopic (exact) mass is 450 g/mol. The first kappa shape index (κ1) is 24.0. The number of fused-ring (bicyclic) bond motifs is 1. The van der Waals surface area contributed by atoms with Crippen LogP contribution in [0.25, 0.3) is 5.65 Å². The Hall–Kier alpha value is -2.28. The van der Waals surface area contributed by atoms with Gasteiger partial charge in [0, 0.05) is 25.0 Å². The smallest absolute Gasteiger partial charge is 0.255 e. The molecule has 0 aliphatic carbocycles. The van der Waals surface area contributed by atoms with E-state index in [2.05, 4.69) is 22.5 Å². The van der Waals surface area contributed by atoms with Crippen LogP contribution in [0.3, 0.4) is 0 Å². The molecule has 6 nitrogen and oxygen atoms in total. The molecule has 1 saturated heterocycles. The van der Waals surface area contributed by atoms with Gasteiger partial charge < -0.3 is 19.8 Å². The fraction of sp³-hybridized carbons (Fsp3) is 0.364. The second-order valence-electron chi connectivity index (χ2n) is 7.54. The van der Waals surface area contributed by atoms with E-state index in [1.165, 1.54) is 5.56 Å². The Labute approximate surface area is 189 Å². The van der Waals surface area contributed by atoms with Gasteiger partial charge in [-0.15, -0.1) is 24.8 Å². The van der Waals surface area contributed by atoms with Gasteiger partial charge in [0.15, 0.2) is 0 Å². The van der Waals surface area contributed by atoms with Gasteiger partial charge in [0.2, 0.25) is 0 Å². The highest BCUT2D eigenvalue weighted by molar-refractivity contribution is 5.97. The van der Waals surface area contributed by atoms with Crippen molar-refractivity contribution in [3.63, 3.8) is 0 Å². The number of rotatable bonds is 5. The van der Waals surface area contributed by atoms with E-state index in [0.717, 1.165) is 30.9 Å². The summed E-state index contributed by atoms with van der Waals surface area (Å²) in [6.45, 7) is 6.35. The van der Waals surface area contributed by atoms with Crippen LogP contribution in [0, 0.1) is 12.8 Å². The van der Waals surface area contributed by atoms with Crippen molar-refractivity contribution in [2.45, 2.75) is 32.9 Å². The summed E-state index contributed by atoms with van der Waals surface area (Å²) in [6.07, 6.45) is 5.06. The van der Waals surface area contributed by atoms with Gasteiger partial charge in [-0.3, -0.25) is 4.79 Å². The standard InChI is InChI=1S/C22H26N4O2.2ClH/c1-15-7-8-21-24-17(13-26(21)12-15)14-28-20-6-4-3-5-18(20)22(27)25-19-11-23-10-9-16(19)2;;/h3-8,12-13,16,19,23H,9-11,14H2,1-2H3,(H,25,27);2*1H. The first-order valence-corrected chi connectivity index (χ1v) is 9.78. The third-order valence-corrected chi connectivity index (χ3v) is 5.30. The Morgan fingerprint density at radius 2 is 2.03 bits per heavy atom. The number of hydrogen-bond donors (Lipinski definition) is 2. The molecule has 0 bridgehead atoms. The molecule has 2 aromatic heterocycles. The Kier molecular flexibility index (Phi) is 8.53. The molecular weight excluding hydrogens is 423 g/mol. The van der Waals surface area contributed by atoms with E-state index in [9.17, 15) is 4.79 Å². The van der Waals surface area contributed by atoms with Crippen molar-refractivity contribution in [1.29, 1.82) is 0 Å². The van der Waals surface area contributed by atoms with Crippen LogP contribution >= 0.6 is 24.8 Å². The highest BCUT2D eigenvalue weighted by Gasteiger charge is 2.24.